The third-order valence-electron chi connectivity index (χ3n) is 2.52. The van der Waals surface area contributed by atoms with E-state index < -0.39 is 0 Å². The Kier molecular flexibility index (Phi) is 5.23. The minimum Gasteiger partial charge on any atom is -0.494 e. The van der Waals surface area contributed by atoms with Gasteiger partial charge in [0.1, 0.15) is 11.6 Å². The molecule has 7 heteroatoms. The van der Waals surface area contributed by atoms with Crippen LogP contribution in [0.25, 0.3) is 0 Å². The second-order valence-electron chi connectivity index (χ2n) is 4.16. The number of nitrogen functional groups attached to an aromatic ring is 1. The molecule has 0 saturated carbocycles. The highest BCUT2D eigenvalue weighted by atomic mass is 32.2. The Hall–Kier alpha value is -2.46. The third-order valence-corrected chi connectivity index (χ3v) is 3.48. The number of nitrogens with zero attached hydrogens (tertiary/aromatic N) is 2. The summed E-state index contributed by atoms with van der Waals surface area (Å²) in [5.74, 6) is 1.70. The van der Waals surface area contributed by atoms with Gasteiger partial charge >= 0.3 is 0 Å². The lowest BCUT2D eigenvalue weighted by Crippen LogP contribution is -2.09. The number of ether oxygens (including phenoxy) is 1. The van der Waals surface area contributed by atoms with Crippen molar-refractivity contribution in [2.24, 2.45) is 0 Å². The molecule has 21 heavy (non-hydrogen) atoms. The van der Waals surface area contributed by atoms with Gasteiger partial charge in [-0.15, -0.1) is 0 Å². The van der Waals surface area contributed by atoms with Gasteiger partial charge in [-0.2, -0.15) is 5.26 Å². The van der Waals surface area contributed by atoms with Gasteiger partial charge in [-0.3, -0.25) is 4.79 Å². The number of aromatic amines is 1. The summed E-state index contributed by atoms with van der Waals surface area (Å²) in [4.78, 5) is 17.8. The second kappa shape index (κ2) is 7.36. The van der Waals surface area contributed by atoms with E-state index in [1.165, 1.54) is 17.8 Å². The predicted octanol–water partition coefficient (Wildman–Crippen LogP) is 1.78. The van der Waals surface area contributed by atoms with Gasteiger partial charge in [0.15, 0.2) is 5.16 Å². The van der Waals surface area contributed by atoms with Crippen LogP contribution in [0.1, 0.15) is 12.0 Å². The van der Waals surface area contributed by atoms with Crippen molar-refractivity contribution in [3.05, 3.63) is 46.2 Å². The molecule has 0 amide bonds. The van der Waals surface area contributed by atoms with Gasteiger partial charge in [-0.05, 0) is 30.7 Å². The molecule has 0 atom stereocenters. The van der Waals surface area contributed by atoms with E-state index in [1.54, 1.807) is 24.3 Å². The molecule has 0 radical (unpaired) electrons. The van der Waals surface area contributed by atoms with Crippen LogP contribution in [-0.2, 0) is 0 Å². The van der Waals surface area contributed by atoms with E-state index in [1.807, 2.05) is 0 Å². The molecule has 0 spiro atoms. The quantitative estimate of drug-likeness (QED) is 0.479. The number of H-pyrrole nitrogens is 1. The second-order valence-corrected chi connectivity index (χ2v) is 5.25. The zero-order valence-corrected chi connectivity index (χ0v) is 12.0. The molecule has 1 heterocycles. The van der Waals surface area contributed by atoms with Crippen LogP contribution in [0.4, 0.5) is 5.82 Å². The number of benzene rings is 1. The van der Waals surface area contributed by atoms with Crippen molar-refractivity contribution in [2.45, 2.75) is 11.6 Å². The maximum atomic E-state index is 11.2. The fraction of sp³-hybridized carbons (Fsp3) is 0.214. The van der Waals surface area contributed by atoms with E-state index in [0.717, 1.165) is 17.9 Å². The summed E-state index contributed by atoms with van der Waals surface area (Å²) in [6, 6.07) is 10.3. The first-order valence-corrected chi connectivity index (χ1v) is 7.28. The first-order valence-electron chi connectivity index (χ1n) is 6.30. The summed E-state index contributed by atoms with van der Waals surface area (Å²) in [6.07, 6.45) is 0.795. The molecule has 108 valence electrons. The van der Waals surface area contributed by atoms with Crippen LogP contribution in [0.3, 0.4) is 0 Å². The fourth-order valence-corrected chi connectivity index (χ4v) is 2.36. The molecular formula is C14H14N4O2S. The third kappa shape index (κ3) is 4.85. The molecule has 0 aliphatic rings. The Bertz CT molecular complexity index is 691. The van der Waals surface area contributed by atoms with Gasteiger partial charge < -0.3 is 15.5 Å². The lowest BCUT2D eigenvalue weighted by Gasteiger charge is -2.05. The van der Waals surface area contributed by atoms with E-state index in [0.29, 0.717) is 17.3 Å². The number of hydrogen-bond donors (Lipinski definition) is 2. The maximum absolute atomic E-state index is 11.2. The highest BCUT2D eigenvalue weighted by molar-refractivity contribution is 7.99. The van der Waals surface area contributed by atoms with Crippen LogP contribution >= 0.6 is 11.8 Å². The van der Waals surface area contributed by atoms with Crippen LogP contribution in [0.2, 0.25) is 0 Å². The molecule has 3 N–H and O–H groups in total. The summed E-state index contributed by atoms with van der Waals surface area (Å²) in [7, 11) is 0. The molecule has 0 fully saturated rings. The SMILES string of the molecule is N#Cc1ccc(OCCCSc2nc(N)cc(=O)[nH]2)cc1. The molecule has 6 nitrogen and oxygen atoms in total. The van der Waals surface area contributed by atoms with E-state index in [9.17, 15) is 4.79 Å². The fourth-order valence-electron chi connectivity index (χ4n) is 1.57. The van der Waals surface area contributed by atoms with Gasteiger partial charge in [0.2, 0.25) is 0 Å². The molecule has 0 aliphatic heterocycles. The number of nitrogens with two attached hydrogens (primary N) is 1. The Labute approximate surface area is 126 Å². The number of nitrogens with one attached hydrogen (secondary N) is 1. The molecule has 1 aromatic heterocycles. The van der Waals surface area contributed by atoms with E-state index in [2.05, 4.69) is 16.0 Å². The summed E-state index contributed by atoms with van der Waals surface area (Å²) < 4.78 is 5.55. The van der Waals surface area contributed by atoms with Crippen molar-refractivity contribution in [1.82, 2.24) is 9.97 Å². The standard InChI is InChI=1S/C14H14N4O2S/c15-9-10-2-4-11(5-3-10)20-6-1-7-21-14-17-12(16)8-13(19)18-14/h2-5,8H,1,6-7H2,(H3,16,17,18,19). The Morgan fingerprint density at radius 3 is 2.81 bits per heavy atom. The first-order chi connectivity index (χ1) is 10.2. The van der Waals surface area contributed by atoms with Gasteiger partial charge in [-0.1, -0.05) is 11.8 Å². The summed E-state index contributed by atoms with van der Waals surface area (Å²) in [5, 5.41) is 9.20. The zero-order chi connectivity index (χ0) is 15.1. The summed E-state index contributed by atoms with van der Waals surface area (Å²) in [5.41, 5.74) is 5.85. The lowest BCUT2D eigenvalue weighted by molar-refractivity contribution is 0.318. The molecule has 1 aromatic carbocycles. The van der Waals surface area contributed by atoms with Crippen LogP contribution in [0.15, 0.2) is 40.3 Å². The summed E-state index contributed by atoms with van der Waals surface area (Å²) in [6.45, 7) is 0.547. The Morgan fingerprint density at radius 2 is 2.14 bits per heavy atom. The van der Waals surface area contributed by atoms with Gasteiger partial charge in [-0.25, -0.2) is 4.98 Å². The number of anilines is 1. The minimum absolute atomic E-state index is 0.218. The molecule has 0 bridgehead atoms. The van der Waals surface area contributed by atoms with Gasteiger partial charge in [0.25, 0.3) is 5.56 Å². The molecule has 0 saturated heterocycles. The average molecular weight is 302 g/mol. The van der Waals surface area contributed by atoms with Crippen molar-refractivity contribution in [2.75, 3.05) is 18.1 Å². The van der Waals surface area contributed by atoms with Crippen LogP contribution in [0.5, 0.6) is 5.75 Å². The lowest BCUT2D eigenvalue weighted by atomic mass is 10.2. The Morgan fingerprint density at radius 1 is 1.38 bits per heavy atom. The van der Waals surface area contributed by atoms with Crippen molar-refractivity contribution in [1.29, 1.82) is 5.26 Å². The summed E-state index contributed by atoms with van der Waals surface area (Å²) >= 11 is 1.42. The van der Waals surface area contributed by atoms with Crippen LogP contribution < -0.4 is 16.0 Å². The van der Waals surface area contributed by atoms with Crippen molar-refractivity contribution < 1.29 is 4.74 Å². The topological polar surface area (TPSA) is 105 Å². The average Bonchev–Trinajstić information content (AvgIpc) is 2.46. The smallest absolute Gasteiger partial charge is 0.253 e. The predicted molar refractivity (Wildman–Crippen MR) is 81.3 cm³/mol. The maximum Gasteiger partial charge on any atom is 0.253 e. The van der Waals surface area contributed by atoms with E-state index >= 15 is 0 Å². The largest absolute Gasteiger partial charge is 0.494 e. The molecule has 2 aromatic rings. The minimum atomic E-state index is -0.251. The number of aromatic nitrogens is 2. The monoisotopic (exact) mass is 302 g/mol. The molecule has 0 unspecified atom stereocenters. The molecule has 0 aliphatic carbocycles. The van der Waals surface area contributed by atoms with Crippen molar-refractivity contribution >= 4 is 17.6 Å². The number of rotatable bonds is 6. The van der Waals surface area contributed by atoms with Gasteiger partial charge in [0, 0.05) is 11.8 Å². The van der Waals surface area contributed by atoms with Gasteiger partial charge in [0.05, 0.1) is 18.2 Å². The normalized spacial score (nSPS) is 10.0. The van der Waals surface area contributed by atoms with Crippen LogP contribution in [-0.4, -0.2) is 22.3 Å². The Balaban J connectivity index is 1.72. The number of hydrogen-bond acceptors (Lipinski definition) is 6. The molecular weight excluding hydrogens is 288 g/mol. The highest BCUT2D eigenvalue weighted by Crippen LogP contribution is 2.15. The molecule has 2 rings (SSSR count). The zero-order valence-electron chi connectivity index (χ0n) is 11.2. The first kappa shape index (κ1) is 14.9. The number of nitriles is 1. The van der Waals surface area contributed by atoms with Crippen molar-refractivity contribution in [3.63, 3.8) is 0 Å². The number of thioether (sulfide) groups is 1. The van der Waals surface area contributed by atoms with Crippen molar-refractivity contribution in [3.8, 4) is 11.8 Å². The van der Waals surface area contributed by atoms with Crippen LogP contribution in [0, 0.1) is 11.3 Å². The van der Waals surface area contributed by atoms with E-state index in [-0.39, 0.29) is 11.4 Å². The van der Waals surface area contributed by atoms with E-state index in [4.69, 9.17) is 15.7 Å². The highest BCUT2D eigenvalue weighted by Gasteiger charge is 2.00.